The molecule has 100 valence electrons. The van der Waals surface area contributed by atoms with Gasteiger partial charge in [0.05, 0.1) is 6.61 Å². The van der Waals surface area contributed by atoms with Crippen molar-refractivity contribution in [3.8, 4) is 0 Å². The second-order valence-corrected chi connectivity index (χ2v) is 5.23. The summed E-state index contributed by atoms with van der Waals surface area (Å²) in [6, 6.07) is 1.68. The van der Waals surface area contributed by atoms with Crippen LogP contribution in [0.25, 0.3) is 0 Å². The summed E-state index contributed by atoms with van der Waals surface area (Å²) in [7, 11) is 0. The molecule has 0 spiro atoms. The Morgan fingerprint density at radius 3 is 2.44 bits per heavy atom. The van der Waals surface area contributed by atoms with Gasteiger partial charge in [0, 0.05) is 56.1 Å². The van der Waals surface area contributed by atoms with Gasteiger partial charge >= 0.3 is 0 Å². The maximum absolute atomic E-state index is 8.89. The second kappa shape index (κ2) is 6.68. The molecule has 0 saturated carbocycles. The van der Waals surface area contributed by atoms with Crippen LogP contribution in [0.5, 0.6) is 0 Å². The molecule has 1 fully saturated rings. The van der Waals surface area contributed by atoms with E-state index in [1.54, 1.807) is 12.3 Å². The van der Waals surface area contributed by atoms with E-state index in [-0.39, 0.29) is 6.61 Å². The summed E-state index contributed by atoms with van der Waals surface area (Å²) in [6.07, 6.45) is 1.74. The van der Waals surface area contributed by atoms with Crippen LogP contribution in [0, 0.1) is 0 Å². The van der Waals surface area contributed by atoms with Gasteiger partial charge in [-0.25, -0.2) is 4.98 Å². The van der Waals surface area contributed by atoms with E-state index in [1.807, 2.05) is 0 Å². The highest BCUT2D eigenvalue weighted by Crippen LogP contribution is 2.20. The Balaban J connectivity index is 1.87. The van der Waals surface area contributed by atoms with Gasteiger partial charge in [-0.2, -0.15) is 0 Å². The van der Waals surface area contributed by atoms with E-state index < -0.39 is 0 Å². The van der Waals surface area contributed by atoms with Crippen molar-refractivity contribution in [1.29, 1.82) is 0 Å². The van der Waals surface area contributed by atoms with E-state index >= 15 is 0 Å². The van der Waals surface area contributed by atoms with Crippen LogP contribution in [0.2, 0.25) is 10.2 Å². The Kier molecular flexibility index (Phi) is 5.21. The molecule has 0 radical (unpaired) electrons. The third kappa shape index (κ3) is 3.80. The SMILES string of the molecule is OCCN1CCN(Cc2cnc(Cl)cc2Cl)CC1. The molecule has 0 aromatic carbocycles. The van der Waals surface area contributed by atoms with E-state index in [0.717, 1.165) is 44.8 Å². The van der Waals surface area contributed by atoms with Crippen molar-refractivity contribution in [2.24, 2.45) is 0 Å². The standard InChI is InChI=1S/C12H17Cl2N3O/c13-11-7-12(14)15-8-10(11)9-17-3-1-16(2-4-17)5-6-18/h7-8,18H,1-6,9H2. The summed E-state index contributed by atoms with van der Waals surface area (Å²) in [5.41, 5.74) is 1.01. The van der Waals surface area contributed by atoms with Crippen molar-refractivity contribution in [2.75, 3.05) is 39.3 Å². The summed E-state index contributed by atoms with van der Waals surface area (Å²) in [5, 5.41) is 9.99. The van der Waals surface area contributed by atoms with Crippen molar-refractivity contribution in [2.45, 2.75) is 6.54 Å². The number of hydrogen-bond acceptors (Lipinski definition) is 4. The molecule has 0 amide bonds. The van der Waals surface area contributed by atoms with Gasteiger partial charge in [0.25, 0.3) is 0 Å². The lowest BCUT2D eigenvalue weighted by Crippen LogP contribution is -2.46. The summed E-state index contributed by atoms with van der Waals surface area (Å²) in [5.74, 6) is 0. The average Bonchev–Trinajstić information content (AvgIpc) is 2.35. The highest BCUT2D eigenvalue weighted by atomic mass is 35.5. The molecule has 1 aliphatic heterocycles. The average molecular weight is 290 g/mol. The molecule has 1 aromatic heterocycles. The van der Waals surface area contributed by atoms with E-state index in [9.17, 15) is 0 Å². The van der Waals surface area contributed by atoms with E-state index in [4.69, 9.17) is 28.3 Å². The molecular formula is C12H17Cl2N3O. The van der Waals surface area contributed by atoms with E-state index in [2.05, 4.69) is 14.8 Å². The fraction of sp³-hybridized carbons (Fsp3) is 0.583. The van der Waals surface area contributed by atoms with Crippen molar-refractivity contribution in [1.82, 2.24) is 14.8 Å². The van der Waals surface area contributed by atoms with E-state index in [1.165, 1.54) is 0 Å². The third-order valence-electron chi connectivity index (χ3n) is 3.17. The van der Waals surface area contributed by atoms with Gasteiger partial charge in [-0.15, -0.1) is 0 Å². The van der Waals surface area contributed by atoms with Gasteiger partial charge in [-0.05, 0) is 6.07 Å². The van der Waals surface area contributed by atoms with Gasteiger partial charge in [0.15, 0.2) is 0 Å². The first kappa shape index (κ1) is 14.0. The predicted octanol–water partition coefficient (Wildman–Crippen LogP) is 1.50. The smallest absolute Gasteiger partial charge is 0.130 e. The number of pyridine rings is 1. The fourth-order valence-corrected chi connectivity index (χ4v) is 2.53. The maximum atomic E-state index is 8.89. The van der Waals surface area contributed by atoms with Gasteiger partial charge in [-0.1, -0.05) is 23.2 Å². The Bertz CT molecular complexity index is 395. The molecule has 1 N–H and O–H groups in total. The lowest BCUT2D eigenvalue weighted by molar-refractivity contribution is 0.108. The molecule has 1 aliphatic rings. The molecule has 1 aromatic rings. The Labute approximate surface area is 117 Å². The van der Waals surface area contributed by atoms with Crippen molar-refractivity contribution < 1.29 is 5.11 Å². The van der Waals surface area contributed by atoms with Crippen LogP contribution in [0.15, 0.2) is 12.3 Å². The largest absolute Gasteiger partial charge is 0.395 e. The topological polar surface area (TPSA) is 39.6 Å². The van der Waals surface area contributed by atoms with Crippen LogP contribution >= 0.6 is 23.2 Å². The van der Waals surface area contributed by atoms with Crippen LogP contribution in [-0.4, -0.2) is 59.2 Å². The number of rotatable bonds is 4. The molecule has 2 heterocycles. The fourth-order valence-electron chi connectivity index (χ4n) is 2.11. The van der Waals surface area contributed by atoms with Gasteiger partial charge in [-0.3, -0.25) is 9.80 Å². The van der Waals surface area contributed by atoms with Crippen molar-refractivity contribution in [3.05, 3.63) is 28.0 Å². The zero-order chi connectivity index (χ0) is 13.0. The van der Waals surface area contributed by atoms with Gasteiger partial charge in [0.1, 0.15) is 5.15 Å². The molecule has 0 atom stereocenters. The lowest BCUT2D eigenvalue weighted by atomic mass is 10.2. The minimum atomic E-state index is 0.229. The summed E-state index contributed by atoms with van der Waals surface area (Å²) >= 11 is 11.9. The number of nitrogens with zero attached hydrogens (tertiary/aromatic N) is 3. The number of aromatic nitrogens is 1. The number of hydrogen-bond donors (Lipinski definition) is 1. The van der Waals surface area contributed by atoms with Crippen LogP contribution in [0.1, 0.15) is 5.56 Å². The summed E-state index contributed by atoms with van der Waals surface area (Å²) in [4.78, 5) is 8.66. The van der Waals surface area contributed by atoms with Crippen LogP contribution in [0.3, 0.4) is 0 Å². The molecule has 0 aliphatic carbocycles. The van der Waals surface area contributed by atoms with Crippen LogP contribution in [0.4, 0.5) is 0 Å². The number of aliphatic hydroxyl groups excluding tert-OH is 1. The van der Waals surface area contributed by atoms with Crippen molar-refractivity contribution in [3.63, 3.8) is 0 Å². The Hall–Kier alpha value is -0.390. The minimum Gasteiger partial charge on any atom is -0.395 e. The number of piperazine rings is 1. The lowest BCUT2D eigenvalue weighted by Gasteiger charge is -2.34. The highest BCUT2D eigenvalue weighted by molar-refractivity contribution is 6.34. The zero-order valence-corrected chi connectivity index (χ0v) is 11.7. The maximum Gasteiger partial charge on any atom is 0.130 e. The molecule has 0 bridgehead atoms. The predicted molar refractivity (Wildman–Crippen MR) is 73.1 cm³/mol. The molecular weight excluding hydrogens is 273 g/mol. The van der Waals surface area contributed by atoms with Crippen LogP contribution in [-0.2, 0) is 6.54 Å². The number of aliphatic hydroxyl groups is 1. The first-order chi connectivity index (χ1) is 8.69. The monoisotopic (exact) mass is 289 g/mol. The zero-order valence-electron chi connectivity index (χ0n) is 10.1. The molecule has 2 rings (SSSR count). The molecule has 18 heavy (non-hydrogen) atoms. The normalized spacial score (nSPS) is 18.2. The molecule has 1 saturated heterocycles. The Morgan fingerprint density at radius 2 is 1.83 bits per heavy atom. The minimum absolute atomic E-state index is 0.229. The van der Waals surface area contributed by atoms with Crippen LogP contribution < -0.4 is 0 Å². The summed E-state index contributed by atoms with van der Waals surface area (Å²) < 4.78 is 0. The van der Waals surface area contributed by atoms with Crippen molar-refractivity contribution >= 4 is 23.2 Å². The molecule has 0 unspecified atom stereocenters. The Morgan fingerprint density at radius 1 is 1.17 bits per heavy atom. The van der Waals surface area contributed by atoms with E-state index in [0.29, 0.717) is 10.2 Å². The quantitative estimate of drug-likeness (QED) is 0.853. The first-order valence-corrected chi connectivity index (χ1v) is 6.80. The third-order valence-corrected chi connectivity index (χ3v) is 3.73. The van der Waals surface area contributed by atoms with Gasteiger partial charge < -0.3 is 5.11 Å². The first-order valence-electron chi connectivity index (χ1n) is 6.04. The highest BCUT2D eigenvalue weighted by Gasteiger charge is 2.17. The summed E-state index contributed by atoms with van der Waals surface area (Å²) in [6.45, 7) is 5.73. The van der Waals surface area contributed by atoms with Gasteiger partial charge in [0.2, 0.25) is 0 Å². The number of β-amino-alcohol motifs (C(OH)–C–C–N with tert-alkyl or cyclic N) is 1. The molecule has 6 heteroatoms. The number of halogens is 2. The second-order valence-electron chi connectivity index (χ2n) is 4.44. The molecule has 4 nitrogen and oxygen atoms in total.